The van der Waals surface area contributed by atoms with Gasteiger partial charge in [0.1, 0.15) is 0 Å². The van der Waals surface area contributed by atoms with Gasteiger partial charge in [-0.05, 0) is 37.3 Å². The number of hydrogen-bond acceptors (Lipinski definition) is 2. The fraction of sp³-hybridized carbons (Fsp3) is 0.235. The fourth-order valence-corrected chi connectivity index (χ4v) is 2.53. The Kier molecular flexibility index (Phi) is 5.24. The van der Waals surface area contributed by atoms with Crippen LogP contribution in [0.1, 0.15) is 17.5 Å². The van der Waals surface area contributed by atoms with Crippen LogP contribution >= 0.6 is 11.8 Å². The number of aryl methyl sites for hydroxylation is 2. The molecular weight excluding hydrogens is 266 g/mol. The zero-order valence-electron chi connectivity index (χ0n) is 11.8. The second-order valence-electron chi connectivity index (χ2n) is 4.73. The van der Waals surface area contributed by atoms with Crippen LogP contribution in [0.25, 0.3) is 0 Å². The van der Waals surface area contributed by atoms with Crippen molar-refractivity contribution < 1.29 is 4.79 Å². The molecule has 0 aliphatic rings. The molecule has 0 aromatic heterocycles. The number of para-hydroxylation sites is 1. The topological polar surface area (TPSA) is 29.1 Å². The van der Waals surface area contributed by atoms with Crippen LogP contribution in [0.2, 0.25) is 0 Å². The molecular formula is C17H19NOS. The summed E-state index contributed by atoms with van der Waals surface area (Å²) in [5.41, 5.74) is 3.34. The molecule has 1 amide bonds. The van der Waals surface area contributed by atoms with Gasteiger partial charge in [0.15, 0.2) is 0 Å². The second-order valence-corrected chi connectivity index (χ2v) is 5.58. The summed E-state index contributed by atoms with van der Waals surface area (Å²) in [4.78, 5) is 13.1. The van der Waals surface area contributed by atoms with Crippen molar-refractivity contribution in [2.75, 3.05) is 11.6 Å². The highest BCUT2D eigenvalue weighted by Crippen LogP contribution is 2.24. The van der Waals surface area contributed by atoms with Crippen molar-refractivity contribution in [3.05, 3.63) is 59.7 Å². The summed E-state index contributed by atoms with van der Waals surface area (Å²) in [7, 11) is 0. The lowest BCUT2D eigenvalue weighted by Crippen LogP contribution is -2.12. The predicted octanol–water partition coefficient (Wildman–Crippen LogP) is 4.29. The molecule has 0 bridgehead atoms. The van der Waals surface area contributed by atoms with Gasteiger partial charge in [-0.3, -0.25) is 4.79 Å². The van der Waals surface area contributed by atoms with Gasteiger partial charge < -0.3 is 5.32 Å². The molecule has 0 aliphatic carbocycles. The molecule has 2 aromatic rings. The average molecular weight is 285 g/mol. The Bertz CT molecular complexity index is 578. The molecule has 0 saturated carbocycles. The highest BCUT2D eigenvalue weighted by molar-refractivity contribution is 7.98. The number of carbonyl (C=O) groups excluding carboxylic acids is 1. The SMILES string of the molecule is CSc1ccccc1NC(=O)CCc1ccc(C)cc1. The molecule has 2 rings (SSSR count). The molecule has 0 spiro atoms. The third kappa shape index (κ3) is 4.14. The largest absolute Gasteiger partial charge is 0.325 e. The van der Waals surface area contributed by atoms with E-state index in [9.17, 15) is 4.79 Å². The van der Waals surface area contributed by atoms with Gasteiger partial charge in [0.05, 0.1) is 5.69 Å². The van der Waals surface area contributed by atoms with Gasteiger partial charge in [-0.15, -0.1) is 11.8 Å². The third-order valence-electron chi connectivity index (χ3n) is 3.14. The summed E-state index contributed by atoms with van der Waals surface area (Å²) in [5.74, 6) is 0.0621. The van der Waals surface area contributed by atoms with Crippen molar-refractivity contribution in [3.8, 4) is 0 Å². The van der Waals surface area contributed by atoms with Crippen LogP contribution in [0.5, 0.6) is 0 Å². The summed E-state index contributed by atoms with van der Waals surface area (Å²) in [6.45, 7) is 2.07. The minimum atomic E-state index is 0.0621. The number of rotatable bonds is 5. The van der Waals surface area contributed by atoms with E-state index >= 15 is 0 Å². The molecule has 0 atom stereocenters. The van der Waals surface area contributed by atoms with Crippen LogP contribution in [0.4, 0.5) is 5.69 Å². The molecule has 0 saturated heterocycles. The maximum Gasteiger partial charge on any atom is 0.224 e. The minimum absolute atomic E-state index is 0.0621. The molecule has 20 heavy (non-hydrogen) atoms. The predicted molar refractivity (Wildman–Crippen MR) is 86.4 cm³/mol. The average Bonchev–Trinajstić information content (AvgIpc) is 2.47. The van der Waals surface area contributed by atoms with E-state index in [1.165, 1.54) is 11.1 Å². The molecule has 0 radical (unpaired) electrons. The Morgan fingerprint density at radius 2 is 1.80 bits per heavy atom. The third-order valence-corrected chi connectivity index (χ3v) is 3.94. The van der Waals surface area contributed by atoms with Crippen LogP contribution in [0.15, 0.2) is 53.4 Å². The first-order valence-corrected chi connectivity index (χ1v) is 7.90. The summed E-state index contributed by atoms with van der Waals surface area (Å²) >= 11 is 1.64. The Hall–Kier alpha value is -1.74. The number of thioether (sulfide) groups is 1. The molecule has 2 nitrogen and oxygen atoms in total. The molecule has 104 valence electrons. The van der Waals surface area contributed by atoms with E-state index in [1.807, 2.05) is 30.5 Å². The van der Waals surface area contributed by atoms with Crippen molar-refractivity contribution in [2.45, 2.75) is 24.7 Å². The molecule has 0 aliphatic heterocycles. The number of benzene rings is 2. The highest BCUT2D eigenvalue weighted by Gasteiger charge is 2.06. The molecule has 0 fully saturated rings. The summed E-state index contributed by atoms with van der Waals surface area (Å²) < 4.78 is 0. The summed E-state index contributed by atoms with van der Waals surface area (Å²) in [5, 5.41) is 2.98. The Morgan fingerprint density at radius 1 is 1.10 bits per heavy atom. The van der Waals surface area contributed by atoms with Crippen molar-refractivity contribution in [2.24, 2.45) is 0 Å². The van der Waals surface area contributed by atoms with Crippen LogP contribution in [-0.2, 0) is 11.2 Å². The van der Waals surface area contributed by atoms with E-state index in [-0.39, 0.29) is 5.91 Å². The quantitative estimate of drug-likeness (QED) is 0.830. The first kappa shape index (κ1) is 14.7. The first-order valence-electron chi connectivity index (χ1n) is 6.67. The van der Waals surface area contributed by atoms with E-state index in [0.29, 0.717) is 6.42 Å². The van der Waals surface area contributed by atoms with Gasteiger partial charge >= 0.3 is 0 Å². The van der Waals surface area contributed by atoms with Gasteiger partial charge in [-0.2, -0.15) is 0 Å². The number of carbonyl (C=O) groups is 1. The van der Waals surface area contributed by atoms with Crippen molar-refractivity contribution in [1.82, 2.24) is 0 Å². The molecule has 2 aromatic carbocycles. The molecule has 0 heterocycles. The van der Waals surface area contributed by atoms with Crippen LogP contribution in [-0.4, -0.2) is 12.2 Å². The minimum Gasteiger partial charge on any atom is -0.325 e. The maximum atomic E-state index is 12.0. The van der Waals surface area contributed by atoms with E-state index < -0.39 is 0 Å². The Labute approximate surface area is 124 Å². The van der Waals surface area contributed by atoms with Gasteiger partial charge in [-0.25, -0.2) is 0 Å². The fourth-order valence-electron chi connectivity index (χ4n) is 1.97. The van der Waals surface area contributed by atoms with Gasteiger partial charge in [0.2, 0.25) is 5.91 Å². The smallest absolute Gasteiger partial charge is 0.224 e. The second kappa shape index (κ2) is 7.15. The Morgan fingerprint density at radius 3 is 2.50 bits per heavy atom. The van der Waals surface area contributed by atoms with Gasteiger partial charge in [0, 0.05) is 11.3 Å². The zero-order chi connectivity index (χ0) is 14.4. The monoisotopic (exact) mass is 285 g/mol. The summed E-state index contributed by atoms with van der Waals surface area (Å²) in [6, 6.07) is 16.2. The summed E-state index contributed by atoms with van der Waals surface area (Å²) in [6.07, 6.45) is 3.29. The molecule has 3 heteroatoms. The normalized spacial score (nSPS) is 10.3. The number of anilines is 1. The number of hydrogen-bond donors (Lipinski definition) is 1. The highest BCUT2D eigenvalue weighted by atomic mass is 32.2. The number of nitrogens with one attached hydrogen (secondary N) is 1. The maximum absolute atomic E-state index is 12.0. The van der Waals surface area contributed by atoms with Crippen molar-refractivity contribution in [3.63, 3.8) is 0 Å². The van der Waals surface area contributed by atoms with E-state index in [2.05, 4.69) is 36.5 Å². The zero-order valence-corrected chi connectivity index (χ0v) is 12.7. The van der Waals surface area contributed by atoms with Gasteiger partial charge in [0.25, 0.3) is 0 Å². The first-order chi connectivity index (χ1) is 9.69. The van der Waals surface area contributed by atoms with Crippen LogP contribution in [0, 0.1) is 6.92 Å². The van der Waals surface area contributed by atoms with Gasteiger partial charge in [-0.1, -0.05) is 42.0 Å². The van der Waals surface area contributed by atoms with Crippen molar-refractivity contribution >= 4 is 23.4 Å². The standard InChI is InChI=1S/C17H19NOS/c1-13-7-9-14(10-8-13)11-12-17(19)18-15-5-3-4-6-16(15)20-2/h3-10H,11-12H2,1-2H3,(H,18,19). The van der Waals surface area contributed by atoms with Crippen LogP contribution in [0.3, 0.4) is 0 Å². The Balaban J connectivity index is 1.91. The lowest BCUT2D eigenvalue weighted by atomic mass is 10.1. The van der Waals surface area contributed by atoms with E-state index in [1.54, 1.807) is 11.8 Å². The van der Waals surface area contributed by atoms with Crippen molar-refractivity contribution in [1.29, 1.82) is 0 Å². The number of amides is 1. The molecule has 1 N–H and O–H groups in total. The lowest BCUT2D eigenvalue weighted by molar-refractivity contribution is -0.116. The van der Waals surface area contributed by atoms with E-state index in [0.717, 1.165) is 17.0 Å². The van der Waals surface area contributed by atoms with E-state index in [4.69, 9.17) is 0 Å². The molecule has 0 unspecified atom stereocenters. The van der Waals surface area contributed by atoms with Crippen LogP contribution < -0.4 is 5.32 Å². The lowest BCUT2D eigenvalue weighted by Gasteiger charge is -2.09.